The van der Waals surface area contributed by atoms with Crippen LogP contribution in [0, 0.1) is 5.92 Å². The van der Waals surface area contributed by atoms with Crippen molar-refractivity contribution in [2.24, 2.45) is 5.92 Å². The number of hydrogen-bond donors (Lipinski definition) is 2. The van der Waals surface area contributed by atoms with Crippen LogP contribution in [0.3, 0.4) is 0 Å². The van der Waals surface area contributed by atoms with Crippen LogP contribution in [-0.4, -0.2) is 35.3 Å². The zero-order chi connectivity index (χ0) is 17.6. The molecule has 0 bridgehead atoms. The summed E-state index contributed by atoms with van der Waals surface area (Å²) in [4.78, 5) is 12.5. The Labute approximate surface area is 162 Å². The predicted molar refractivity (Wildman–Crippen MR) is 107 cm³/mol. The highest BCUT2D eigenvalue weighted by atomic mass is 35.5. The fourth-order valence-electron chi connectivity index (χ4n) is 3.45. The average molecular weight is 377 g/mol. The topological polar surface area (TPSA) is 59.0 Å². The minimum atomic E-state index is -0.0934. The molecule has 1 aliphatic rings. The summed E-state index contributed by atoms with van der Waals surface area (Å²) in [5.41, 5.74) is 1.76. The van der Waals surface area contributed by atoms with Crippen molar-refractivity contribution in [3.8, 4) is 0 Å². The number of rotatable bonds is 6. The van der Waals surface area contributed by atoms with Gasteiger partial charge in [-0.05, 0) is 36.9 Å². The number of nitrogens with zero attached hydrogens (tertiary/aromatic N) is 2. The highest BCUT2D eigenvalue weighted by molar-refractivity contribution is 5.92. The van der Waals surface area contributed by atoms with Crippen molar-refractivity contribution in [2.75, 3.05) is 19.6 Å². The van der Waals surface area contributed by atoms with E-state index < -0.39 is 0 Å². The highest BCUT2D eigenvalue weighted by Crippen LogP contribution is 2.23. The van der Waals surface area contributed by atoms with E-state index >= 15 is 0 Å². The summed E-state index contributed by atoms with van der Waals surface area (Å²) in [6.07, 6.45) is 4.18. The molecule has 1 aliphatic heterocycles. The number of piperidine rings is 1. The second-order valence-corrected chi connectivity index (χ2v) is 7.15. The zero-order valence-corrected chi connectivity index (χ0v) is 16.3. The van der Waals surface area contributed by atoms with E-state index in [-0.39, 0.29) is 18.3 Å². The molecule has 1 amide bonds. The van der Waals surface area contributed by atoms with Gasteiger partial charge in [0.2, 0.25) is 0 Å². The molecule has 1 saturated heterocycles. The van der Waals surface area contributed by atoms with Crippen LogP contribution in [0.25, 0.3) is 0 Å². The molecule has 1 fully saturated rings. The summed E-state index contributed by atoms with van der Waals surface area (Å²) in [6, 6.07) is 12.5. The van der Waals surface area contributed by atoms with E-state index in [4.69, 9.17) is 0 Å². The predicted octanol–water partition coefficient (Wildman–Crippen LogP) is 3.40. The molecule has 0 aliphatic carbocycles. The van der Waals surface area contributed by atoms with Gasteiger partial charge < -0.3 is 10.6 Å². The molecule has 2 unspecified atom stereocenters. The van der Waals surface area contributed by atoms with Crippen molar-refractivity contribution in [3.63, 3.8) is 0 Å². The van der Waals surface area contributed by atoms with Crippen LogP contribution in [0.5, 0.6) is 0 Å². The third kappa shape index (κ3) is 5.08. The highest BCUT2D eigenvalue weighted by Gasteiger charge is 2.20. The van der Waals surface area contributed by atoms with Crippen LogP contribution in [0.4, 0.5) is 0 Å². The second kappa shape index (κ2) is 9.74. The lowest BCUT2D eigenvalue weighted by molar-refractivity contribution is 0.0942. The number of nitrogens with one attached hydrogen (secondary N) is 2. The van der Waals surface area contributed by atoms with Crippen LogP contribution in [0.2, 0.25) is 0 Å². The number of benzene rings is 1. The Kier molecular flexibility index (Phi) is 7.66. The molecule has 2 N–H and O–H groups in total. The van der Waals surface area contributed by atoms with Gasteiger partial charge in [-0.25, -0.2) is 0 Å². The van der Waals surface area contributed by atoms with Gasteiger partial charge in [0.15, 0.2) is 0 Å². The van der Waals surface area contributed by atoms with E-state index in [1.54, 1.807) is 0 Å². The van der Waals surface area contributed by atoms with Gasteiger partial charge in [-0.2, -0.15) is 5.10 Å². The molecular formula is C20H29ClN4O. The van der Waals surface area contributed by atoms with E-state index in [2.05, 4.69) is 41.7 Å². The van der Waals surface area contributed by atoms with Gasteiger partial charge >= 0.3 is 0 Å². The molecule has 1 aromatic carbocycles. The summed E-state index contributed by atoms with van der Waals surface area (Å²) in [6.45, 7) is 7.00. The normalized spacial score (nSPS) is 18.2. The summed E-state index contributed by atoms with van der Waals surface area (Å²) in [5.74, 6) is 0.660. The fourth-order valence-corrected chi connectivity index (χ4v) is 3.45. The lowest BCUT2D eigenvalue weighted by Crippen LogP contribution is -2.33. The Morgan fingerprint density at radius 1 is 1.31 bits per heavy atom. The molecule has 0 radical (unpaired) electrons. The first-order valence-electron chi connectivity index (χ1n) is 9.24. The van der Waals surface area contributed by atoms with Crippen LogP contribution >= 0.6 is 12.4 Å². The minimum absolute atomic E-state index is 0. The molecule has 5 nitrogen and oxygen atoms in total. The standard InChI is InChI=1S/C20H28N4O.ClH/c1-15(2)18(16-7-4-3-5-8-16)14-22-20(25)19-10-12-24(23-19)17-9-6-11-21-13-17;/h3-5,7-8,10,12,15,17-18,21H,6,9,11,13-14H2,1-2H3,(H,22,25);1H. The Morgan fingerprint density at radius 2 is 2.08 bits per heavy atom. The Bertz CT molecular complexity index is 680. The summed E-state index contributed by atoms with van der Waals surface area (Å²) >= 11 is 0. The third-order valence-corrected chi connectivity index (χ3v) is 5.00. The van der Waals surface area contributed by atoms with Crippen LogP contribution in [0.1, 0.15) is 54.7 Å². The molecule has 3 rings (SSSR count). The van der Waals surface area contributed by atoms with E-state index in [0.717, 1.165) is 25.9 Å². The molecule has 6 heteroatoms. The quantitative estimate of drug-likeness (QED) is 0.812. The maximum absolute atomic E-state index is 12.5. The zero-order valence-electron chi connectivity index (χ0n) is 15.5. The first-order valence-corrected chi connectivity index (χ1v) is 9.24. The number of carbonyl (C=O) groups excluding carboxylic acids is 1. The fraction of sp³-hybridized carbons (Fsp3) is 0.500. The number of halogens is 1. The first-order chi connectivity index (χ1) is 12.1. The lowest BCUT2D eigenvalue weighted by Gasteiger charge is -2.23. The number of amides is 1. The monoisotopic (exact) mass is 376 g/mol. The molecule has 2 heterocycles. The third-order valence-electron chi connectivity index (χ3n) is 5.00. The van der Waals surface area contributed by atoms with E-state index in [1.807, 2.05) is 35.1 Å². The van der Waals surface area contributed by atoms with Crippen LogP contribution in [0.15, 0.2) is 42.6 Å². The summed E-state index contributed by atoms with van der Waals surface area (Å²) < 4.78 is 1.93. The molecule has 26 heavy (non-hydrogen) atoms. The number of carbonyl (C=O) groups is 1. The summed E-state index contributed by atoms with van der Waals surface area (Å²) in [7, 11) is 0. The Balaban J connectivity index is 0.00000243. The van der Waals surface area contributed by atoms with E-state index in [1.165, 1.54) is 5.56 Å². The molecule has 2 atom stereocenters. The Morgan fingerprint density at radius 3 is 2.73 bits per heavy atom. The number of aromatic nitrogens is 2. The SMILES string of the molecule is CC(C)C(CNC(=O)c1ccn(C2CCCNC2)n1)c1ccccc1.Cl. The molecule has 1 aromatic heterocycles. The largest absolute Gasteiger partial charge is 0.350 e. The smallest absolute Gasteiger partial charge is 0.271 e. The van der Waals surface area contributed by atoms with Crippen molar-refractivity contribution < 1.29 is 4.79 Å². The molecule has 0 spiro atoms. The molecule has 142 valence electrons. The van der Waals surface area contributed by atoms with Crippen molar-refractivity contribution in [1.29, 1.82) is 0 Å². The van der Waals surface area contributed by atoms with Crippen LogP contribution < -0.4 is 10.6 Å². The van der Waals surface area contributed by atoms with Crippen LogP contribution in [-0.2, 0) is 0 Å². The number of hydrogen-bond acceptors (Lipinski definition) is 3. The van der Waals surface area contributed by atoms with Gasteiger partial charge in [0, 0.05) is 25.2 Å². The van der Waals surface area contributed by atoms with Crippen molar-refractivity contribution in [3.05, 3.63) is 53.9 Å². The van der Waals surface area contributed by atoms with Gasteiger partial charge in [0.1, 0.15) is 5.69 Å². The molecule has 0 saturated carbocycles. The van der Waals surface area contributed by atoms with E-state index in [9.17, 15) is 4.79 Å². The average Bonchev–Trinajstić information content (AvgIpc) is 3.13. The van der Waals surface area contributed by atoms with Gasteiger partial charge in [-0.15, -0.1) is 12.4 Å². The van der Waals surface area contributed by atoms with Gasteiger partial charge in [-0.3, -0.25) is 9.48 Å². The van der Waals surface area contributed by atoms with E-state index in [0.29, 0.717) is 30.1 Å². The maximum atomic E-state index is 12.5. The maximum Gasteiger partial charge on any atom is 0.271 e. The van der Waals surface area contributed by atoms with Gasteiger partial charge in [-0.1, -0.05) is 44.2 Å². The summed E-state index contributed by atoms with van der Waals surface area (Å²) in [5, 5.41) is 10.9. The Hall–Kier alpha value is -1.85. The minimum Gasteiger partial charge on any atom is -0.350 e. The van der Waals surface area contributed by atoms with Crippen molar-refractivity contribution >= 4 is 18.3 Å². The molecule has 2 aromatic rings. The van der Waals surface area contributed by atoms with Crippen molar-refractivity contribution in [1.82, 2.24) is 20.4 Å². The van der Waals surface area contributed by atoms with Gasteiger partial charge in [0.25, 0.3) is 5.91 Å². The van der Waals surface area contributed by atoms with Gasteiger partial charge in [0.05, 0.1) is 6.04 Å². The first kappa shape index (κ1) is 20.5. The second-order valence-electron chi connectivity index (χ2n) is 7.15. The lowest BCUT2D eigenvalue weighted by atomic mass is 9.88. The van der Waals surface area contributed by atoms with Crippen molar-refractivity contribution in [2.45, 2.75) is 38.6 Å². The molecular weight excluding hydrogens is 348 g/mol.